The molecule has 0 amide bonds. The van der Waals surface area contributed by atoms with Gasteiger partial charge in [-0.2, -0.15) is 4.68 Å². The van der Waals surface area contributed by atoms with Crippen molar-refractivity contribution in [3.8, 4) is 17.1 Å². The molecule has 3 rings (SSSR count). The molecule has 2 N–H and O–H groups in total. The normalized spacial score (nSPS) is 10.7. The highest BCUT2D eigenvalue weighted by molar-refractivity contribution is 9.10. The van der Waals surface area contributed by atoms with Crippen LogP contribution in [0.4, 0.5) is 5.69 Å². The second-order valence-corrected chi connectivity index (χ2v) is 5.40. The number of anilines is 1. The first-order valence-electron chi connectivity index (χ1n) is 6.06. The lowest BCUT2D eigenvalue weighted by atomic mass is 10.1. The van der Waals surface area contributed by atoms with Crippen LogP contribution in [0.3, 0.4) is 0 Å². The van der Waals surface area contributed by atoms with Crippen molar-refractivity contribution < 1.29 is 0 Å². The predicted octanol–water partition coefficient (Wildman–Crippen LogP) is 2.98. The van der Waals surface area contributed by atoms with Gasteiger partial charge in [0, 0.05) is 15.7 Å². The molecule has 0 spiro atoms. The Bertz CT molecular complexity index is 749. The maximum absolute atomic E-state index is 6.04. The highest BCUT2D eigenvalue weighted by atomic mass is 79.9. The van der Waals surface area contributed by atoms with E-state index in [0.29, 0.717) is 11.5 Å². The number of hydrogen-bond acceptors (Lipinski definition) is 4. The van der Waals surface area contributed by atoms with E-state index in [4.69, 9.17) is 5.73 Å². The van der Waals surface area contributed by atoms with Gasteiger partial charge in [-0.15, -0.1) is 5.10 Å². The summed E-state index contributed by atoms with van der Waals surface area (Å²) < 4.78 is 2.68. The number of nitrogens with two attached hydrogens (primary N) is 1. The zero-order valence-electron chi connectivity index (χ0n) is 10.8. The van der Waals surface area contributed by atoms with Crippen molar-refractivity contribution in [1.82, 2.24) is 20.2 Å². The van der Waals surface area contributed by atoms with E-state index in [1.165, 1.54) is 0 Å². The Morgan fingerprint density at radius 3 is 2.60 bits per heavy atom. The van der Waals surface area contributed by atoms with E-state index < -0.39 is 0 Å². The SMILES string of the molecule is Cc1ccc(N)c(-c2nnnn2-c2ccc(Br)cc2)c1. The van der Waals surface area contributed by atoms with E-state index in [2.05, 4.69) is 31.5 Å². The highest BCUT2D eigenvalue weighted by Gasteiger charge is 2.13. The molecule has 0 fully saturated rings. The molecule has 5 nitrogen and oxygen atoms in total. The van der Waals surface area contributed by atoms with Gasteiger partial charge in [-0.1, -0.05) is 27.6 Å². The van der Waals surface area contributed by atoms with Gasteiger partial charge in [-0.25, -0.2) is 0 Å². The number of tetrazole rings is 1. The van der Waals surface area contributed by atoms with Crippen LogP contribution in [0.25, 0.3) is 17.1 Å². The Morgan fingerprint density at radius 1 is 1.10 bits per heavy atom. The van der Waals surface area contributed by atoms with Crippen LogP contribution >= 0.6 is 15.9 Å². The van der Waals surface area contributed by atoms with Gasteiger partial charge in [0.25, 0.3) is 0 Å². The standard InChI is InChI=1S/C14H12BrN5/c1-9-2-7-13(16)12(8-9)14-17-18-19-20(14)11-5-3-10(15)4-6-11/h2-8H,16H2,1H3. The van der Waals surface area contributed by atoms with Gasteiger partial charge in [0.2, 0.25) is 0 Å². The minimum Gasteiger partial charge on any atom is -0.398 e. The molecular weight excluding hydrogens is 318 g/mol. The monoisotopic (exact) mass is 329 g/mol. The largest absolute Gasteiger partial charge is 0.398 e. The van der Waals surface area contributed by atoms with Crippen LogP contribution in [0, 0.1) is 6.92 Å². The van der Waals surface area contributed by atoms with Gasteiger partial charge < -0.3 is 5.73 Å². The first kappa shape index (κ1) is 12.8. The summed E-state index contributed by atoms with van der Waals surface area (Å²) in [4.78, 5) is 0. The maximum atomic E-state index is 6.04. The molecule has 1 heterocycles. The number of aryl methyl sites for hydroxylation is 1. The summed E-state index contributed by atoms with van der Waals surface area (Å²) in [5.41, 5.74) is 9.52. The topological polar surface area (TPSA) is 69.6 Å². The summed E-state index contributed by atoms with van der Waals surface area (Å²) in [5, 5.41) is 11.9. The van der Waals surface area contributed by atoms with E-state index >= 15 is 0 Å². The second-order valence-electron chi connectivity index (χ2n) is 4.48. The average molecular weight is 330 g/mol. The van der Waals surface area contributed by atoms with Crippen LogP contribution in [0.5, 0.6) is 0 Å². The van der Waals surface area contributed by atoms with Crippen molar-refractivity contribution in [3.63, 3.8) is 0 Å². The molecule has 20 heavy (non-hydrogen) atoms. The number of benzene rings is 2. The van der Waals surface area contributed by atoms with Gasteiger partial charge in [-0.05, 0) is 53.7 Å². The minimum atomic E-state index is 0.633. The Labute approximate surface area is 124 Å². The summed E-state index contributed by atoms with van der Waals surface area (Å²) in [5.74, 6) is 0.633. The second kappa shape index (κ2) is 5.05. The van der Waals surface area contributed by atoms with Crippen molar-refractivity contribution in [2.45, 2.75) is 6.92 Å². The Balaban J connectivity index is 2.15. The first-order valence-corrected chi connectivity index (χ1v) is 6.85. The van der Waals surface area contributed by atoms with Crippen molar-refractivity contribution in [3.05, 3.63) is 52.5 Å². The molecule has 2 aromatic carbocycles. The molecule has 0 aliphatic rings. The molecule has 6 heteroatoms. The third kappa shape index (κ3) is 2.30. The highest BCUT2D eigenvalue weighted by Crippen LogP contribution is 2.26. The zero-order valence-corrected chi connectivity index (χ0v) is 12.4. The van der Waals surface area contributed by atoms with E-state index in [1.54, 1.807) is 4.68 Å². The zero-order chi connectivity index (χ0) is 14.1. The fraction of sp³-hybridized carbons (Fsp3) is 0.0714. The molecule has 1 aromatic heterocycles. The van der Waals surface area contributed by atoms with E-state index in [0.717, 1.165) is 21.3 Å². The van der Waals surface area contributed by atoms with Crippen molar-refractivity contribution in [1.29, 1.82) is 0 Å². The van der Waals surface area contributed by atoms with Crippen LogP contribution in [-0.4, -0.2) is 20.2 Å². The van der Waals surface area contributed by atoms with Gasteiger partial charge >= 0.3 is 0 Å². The summed E-state index contributed by atoms with van der Waals surface area (Å²) in [6.45, 7) is 2.01. The third-order valence-electron chi connectivity index (χ3n) is 2.99. The van der Waals surface area contributed by atoms with Gasteiger partial charge in [0.1, 0.15) is 0 Å². The van der Waals surface area contributed by atoms with Crippen LogP contribution < -0.4 is 5.73 Å². The molecular formula is C14H12BrN5. The smallest absolute Gasteiger partial charge is 0.189 e. The van der Waals surface area contributed by atoms with E-state index in [9.17, 15) is 0 Å². The van der Waals surface area contributed by atoms with Gasteiger partial charge in [0.05, 0.1) is 5.69 Å². The van der Waals surface area contributed by atoms with Crippen molar-refractivity contribution in [2.24, 2.45) is 0 Å². The molecule has 0 aliphatic carbocycles. The third-order valence-corrected chi connectivity index (χ3v) is 3.52. The number of aromatic nitrogens is 4. The Kier molecular flexibility index (Phi) is 3.23. The fourth-order valence-corrected chi connectivity index (χ4v) is 2.24. The van der Waals surface area contributed by atoms with Crippen LogP contribution in [-0.2, 0) is 0 Å². The molecule has 3 aromatic rings. The van der Waals surface area contributed by atoms with E-state index in [1.807, 2.05) is 49.4 Å². The molecule has 0 bridgehead atoms. The van der Waals surface area contributed by atoms with Gasteiger partial charge in [0.15, 0.2) is 5.82 Å². The molecule has 0 saturated carbocycles. The van der Waals surface area contributed by atoms with Gasteiger partial charge in [-0.3, -0.25) is 0 Å². The summed E-state index contributed by atoms with van der Waals surface area (Å²) in [6, 6.07) is 13.6. The summed E-state index contributed by atoms with van der Waals surface area (Å²) in [6.07, 6.45) is 0. The molecule has 0 saturated heterocycles. The first-order chi connectivity index (χ1) is 9.65. The number of nitrogen functional groups attached to an aromatic ring is 1. The van der Waals surface area contributed by atoms with Crippen molar-refractivity contribution >= 4 is 21.6 Å². The maximum Gasteiger partial charge on any atom is 0.189 e. The molecule has 0 unspecified atom stereocenters. The van der Waals surface area contributed by atoms with Crippen molar-refractivity contribution in [2.75, 3.05) is 5.73 Å². The number of rotatable bonds is 2. The molecule has 0 aliphatic heterocycles. The predicted molar refractivity (Wildman–Crippen MR) is 81.4 cm³/mol. The van der Waals surface area contributed by atoms with Crippen LogP contribution in [0.2, 0.25) is 0 Å². The lowest BCUT2D eigenvalue weighted by Gasteiger charge is -2.08. The number of nitrogens with zero attached hydrogens (tertiary/aromatic N) is 4. The Morgan fingerprint density at radius 2 is 1.85 bits per heavy atom. The Hall–Kier alpha value is -2.21. The minimum absolute atomic E-state index is 0.633. The van der Waals surface area contributed by atoms with Crippen LogP contribution in [0.15, 0.2) is 46.9 Å². The quantitative estimate of drug-likeness (QED) is 0.734. The molecule has 100 valence electrons. The van der Waals surface area contributed by atoms with Crippen LogP contribution in [0.1, 0.15) is 5.56 Å². The molecule has 0 atom stereocenters. The van der Waals surface area contributed by atoms with E-state index in [-0.39, 0.29) is 0 Å². The average Bonchev–Trinajstić information content (AvgIpc) is 2.91. The summed E-state index contributed by atoms with van der Waals surface area (Å²) >= 11 is 3.41. The lowest BCUT2D eigenvalue weighted by Crippen LogP contribution is -2.01. The number of hydrogen-bond donors (Lipinski definition) is 1. The molecule has 0 radical (unpaired) electrons. The summed E-state index contributed by atoms with van der Waals surface area (Å²) in [7, 11) is 0. The lowest BCUT2D eigenvalue weighted by molar-refractivity contribution is 0.791. The fourth-order valence-electron chi connectivity index (χ4n) is 1.98. The number of halogens is 1.